The first-order valence-electron chi connectivity index (χ1n) is 5.77. The summed E-state index contributed by atoms with van der Waals surface area (Å²) in [4.78, 5) is 11.9. The predicted molar refractivity (Wildman–Crippen MR) is 78.3 cm³/mol. The Morgan fingerprint density at radius 1 is 1.33 bits per heavy atom. The van der Waals surface area contributed by atoms with Crippen LogP contribution in [0.2, 0.25) is 0 Å². The number of carbonyl (C=O) groups is 1. The van der Waals surface area contributed by atoms with E-state index in [-0.39, 0.29) is 5.91 Å². The van der Waals surface area contributed by atoms with E-state index in [9.17, 15) is 4.79 Å². The molecule has 1 heterocycles. The van der Waals surface area contributed by atoms with Crippen LogP contribution in [0.4, 0.5) is 0 Å². The van der Waals surface area contributed by atoms with Crippen LogP contribution in [0.3, 0.4) is 0 Å². The van der Waals surface area contributed by atoms with Gasteiger partial charge in [0.05, 0.1) is 5.56 Å². The normalized spacial score (nSPS) is 10.3. The lowest BCUT2D eigenvalue weighted by molar-refractivity contribution is 0.0951. The van der Waals surface area contributed by atoms with Crippen LogP contribution in [0.5, 0.6) is 0 Å². The monoisotopic (exact) mass is 355 g/mol. The Labute approximate surface area is 120 Å². The van der Waals surface area contributed by atoms with Gasteiger partial charge in [-0.2, -0.15) is 5.10 Å². The number of aromatic nitrogens is 2. The lowest BCUT2D eigenvalue weighted by Crippen LogP contribution is -2.26. The molecule has 0 aliphatic rings. The van der Waals surface area contributed by atoms with Crippen LogP contribution in [0.25, 0.3) is 0 Å². The number of halogens is 1. The van der Waals surface area contributed by atoms with Crippen molar-refractivity contribution < 1.29 is 4.79 Å². The van der Waals surface area contributed by atoms with Gasteiger partial charge in [0.2, 0.25) is 0 Å². The van der Waals surface area contributed by atoms with Gasteiger partial charge in [-0.05, 0) is 47.2 Å². The summed E-state index contributed by atoms with van der Waals surface area (Å²) in [5, 5.41) is 7.03. The van der Waals surface area contributed by atoms with Gasteiger partial charge in [-0.25, -0.2) is 0 Å². The van der Waals surface area contributed by atoms with Crippen molar-refractivity contribution in [2.45, 2.75) is 13.0 Å². The molecule has 4 nitrogen and oxygen atoms in total. The highest BCUT2D eigenvalue weighted by Gasteiger charge is 2.07. The van der Waals surface area contributed by atoms with Crippen LogP contribution in [0, 0.1) is 3.57 Å². The molecule has 0 spiro atoms. The van der Waals surface area contributed by atoms with E-state index < -0.39 is 0 Å². The van der Waals surface area contributed by atoms with Crippen molar-refractivity contribution in [3.05, 3.63) is 51.9 Å². The van der Waals surface area contributed by atoms with Gasteiger partial charge in [-0.3, -0.25) is 9.48 Å². The van der Waals surface area contributed by atoms with Gasteiger partial charge in [0, 0.05) is 29.1 Å². The smallest absolute Gasteiger partial charge is 0.252 e. The standard InChI is InChI=1S/C13H14IN3O/c14-12-6-2-1-5-11(12)13(18)15-7-3-9-17-10-4-8-16-17/h1-2,4-6,8,10H,3,7,9H2,(H,15,18). The summed E-state index contributed by atoms with van der Waals surface area (Å²) in [5.74, 6) is -0.0135. The average Bonchev–Trinajstić information content (AvgIpc) is 2.88. The Kier molecular flexibility index (Phi) is 4.74. The maximum Gasteiger partial charge on any atom is 0.252 e. The summed E-state index contributed by atoms with van der Waals surface area (Å²) in [6.07, 6.45) is 4.55. The molecular weight excluding hydrogens is 341 g/mol. The maximum atomic E-state index is 11.9. The Bertz CT molecular complexity index is 511. The highest BCUT2D eigenvalue weighted by molar-refractivity contribution is 14.1. The van der Waals surface area contributed by atoms with Crippen molar-refractivity contribution in [1.82, 2.24) is 15.1 Å². The van der Waals surface area contributed by atoms with Crippen LogP contribution in [-0.4, -0.2) is 22.2 Å². The summed E-state index contributed by atoms with van der Waals surface area (Å²) in [7, 11) is 0. The second kappa shape index (κ2) is 6.53. The molecule has 0 radical (unpaired) electrons. The fourth-order valence-electron chi connectivity index (χ4n) is 1.62. The van der Waals surface area contributed by atoms with Gasteiger partial charge in [0.1, 0.15) is 0 Å². The highest BCUT2D eigenvalue weighted by Crippen LogP contribution is 2.10. The lowest BCUT2D eigenvalue weighted by atomic mass is 10.2. The molecule has 94 valence electrons. The van der Waals surface area contributed by atoms with Crippen molar-refractivity contribution in [2.24, 2.45) is 0 Å². The Morgan fingerprint density at radius 2 is 2.17 bits per heavy atom. The van der Waals surface area contributed by atoms with Crippen LogP contribution >= 0.6 is 22.6 Å². The van der Waals surface area contributed by atoms with Crippen molar-refractivity contribution >= 4 is 28.5 Å². The number of benzene rings is 1. The van der Waals surface area contributed by atoms with Gasteiger partial charge >= 0.3 is 0 Å². The molecule has 0 aliphatic carbocycles. The third-order valence-electron chi connectivity index (χ3n) is 2.53. The minimum atomic E-state index is -0.0135. The van der Waals surface area contributed by atoms with E-state index in [1.807, 2.05) is 41.2 Å². The molecule has 1 N–H and O–H groups in total. The number of amides is 1. The van der Waals surface area contributed by atoms with Gasteiger partial charge < -0.3 is 5.32 Å². The van der Waals surface area contributed by atoms with E-state index in [4.69, 9.17) is 0 Å². The summed E-state index contributed by atoms with van der Waals surface area (Å²) >= 11 is 2.17. The Balaban J connectivity index is 1.77. The molecule has 0 bridgehead atoms. The molecule has 0 atom stereocenters. The molecule has 0 fully saturated rings. The van der Waals surface area contributed by atoms with Crippen LogP contribution in [-0.2, 0) is 6.54 Å². The second-order valence-electron chi connectivity index (χ2n) is 3.86. The maximum absolute atomic E-state index is 11.9. The lowest BCUT2D eigenvalue weighted by Gasteiger charge is -2.06. The minimum Gasteiger partial charge on any atom is -0.352 e. The Morgan fingerprint density at radius 3 is 2.89 bits per heavy atom. The first-order chi connectivity index (χ1) is 8.77. The number of rotatable bonds is 5. The van der Waals surface area contributed by atoms with E-state index in [1.165, 1.54) is 0 Å². The van der Waals surface area contributed by atoms with E-state index in [0.717, 1.165) is 22.1 Å². The van der Waals surface area contributed by atoms with Crippen LogP contribution in [0.1, 0.15) is 16.8 Å². The summed E-state index contributed by atoms with van der Waals surface area (Å²) in [5.41, 5.74) is 0.734. The molecule has 0 saturated carbocycles. The molecule has 5 heteroatoms. The summed E-state index contributed by atoms with van der Waals surface area (Å²) < 4.78 is 2.83. The number of nitrogens with zero attached hydrogens (tertiary/aromatic N) is 2. The average molecular weight is 355 g/mol. The molecule has 1 aromatic carbocycles. The zero-order chi connectivity index (χ0) is 12.8. The van der Waals surface area contributed by atoms with Gasteiger partial charge in [-0.15, -0.1) is 0 Å². The van der Waals surface area contributed by atoms with Crippen molar-refractivity contribution in [1.29, 1.82) is 0 Å². The quantitative estimate of drug-likeness (QED) is 0.661. The molecule has 2 aromatic rings. The topological polar surface area (TPSA) is 46.9 Å². The SMILES string of the molecule is O=C(NCCCn1cccn1)c1ccccc1I. The van der Waals surface area contributed by atoms with Gasteiger partial charge in [-0.1, -0.05) is 12.1 Å². The molecule has 0 unspecified atom stereocenters. The zero-order valence-corrected chi connectivity index (χ0v) is 12.0. The number of hydrogen-bond acceptors (Lipinski definition) is 2. The van der Waals surface area contributed by atoms with Crippen LogP contribution in [0.15, 0.2) is 42.7 Å². The largest absolute Gasteiger partial charge is 0.352 e. The molecule has 1 amide bonds. The van der Waals surface area contributed by atoms with Crippen molar-refractivity contribution in [2.75, 3.05) is 6.54 Å². The Hall–Kier alpha value is -1.37. The number of carbonyl (C=O) groups excluding carboxylic acids is 1. The van der Waals surface area contributed by atoms with Crippen molar-refractivity contribution in [3.8, 4) is 0 Å². The number of hydrogen-bond donors (Lipinski definition) is 1. The third-order valence-corrected chi connectivity index (χ3v) is 3.47. The van der Waals surface area contributed by atoms with E-state index >= 15 is 0 Å². The van der Waals surface area contributed by atoms with Gasteiger partial charge in [0.15, 0.2) is 0 Å². The molecule has 0 aliphatic heterocycles. The fourth-order valence-corrected chi connectivity index (χ4v) is 2.25. The number of aryl methyl sites for hydroxylation is 1. The second-order valence-corrected chi connectivity index (χ2v) is 5.02. The first kappa shape index (κ1) is 13.1. The van der Waals surface area contributed by atoms with Crippen molar-refractivity contribution in [3.63, 3.8) is 0 Å². The summed E-state index contributed by atoms with van der Waals surface area (Å²) in [6.45, 7) is 1.48. The van der Waals surface area contributed by atoms with Gasteiger partial charge in [0.25, 0.3) is 5.91 Å². The third kappa shape index (κ3) is 3.56. The predicted octanol–water partition coefficient (Wildman–Crippen LogP) is 2.31. The molecule has 2 rings (SSSR count). The molecule has 1 aromatic heterocycles. The molecule has 0 saturated heterocycles. The van der Waals surface area contributed by atoms with E-state index in [1.54, 1.807) is 6.20 Å². The summed E-state index contributed by atoms with van der Waals surface area (Å²) in [6, 6.07) is 9.46. The number of nitrogens with one attached hydrogen (secondary N) is 1. The highest BCUT2D eigenvalue weighted by atomic mass is 127. The fraction of sp³-hybridized carbons (Fsp3) is 0.231. The van der Waals surface area contributed by atoms with Crippen LogP contribution < -0.4 is 5.32 Å². The molecular formula is C13H14IN3O. The first-order valence-corrected chi connectivity index (χ1v) is 6.85. The van der Waals surface area contributed by atoms with E-state index in [2.05, 4.69) is 33.0 Å². The minimum absolute atomic E-state index is 0.0135. The molecule has 18 heavy (non-hydrogen) atoms. The zero-order valence-electron chi connectivity index (χ0n) is 9.84. The van der Waals surface area contributed by atoms with E-state index in [0.29, 0.717) is 6.54 Å².